The third-order valence-electron chi connectivity index (χ3n) is 6.37. The van der Waals surface area contributed by atoms with Gasteiger partial charge in [0.2, 0.25) is 7.44 Å². The van der Waals surface area contributed by atoms with Gasteiger partial charge in [-0.2, -0.15) is 0 Å². The number of aldehydes is 1. The van der Waals surface area contributed by atoms with E-state index in [9.17, 15) is 18.9 Å². The molecule has 0 bridgehead atoms. The Hall–Kier alpha value is -2.10. The van der Waals surface area contributed by atoms with Crippen LogP contribution in [0.4, 0.5) is 0 Å². The summed E-state index contributed by atoms with van der Waals surface area (Å²) < 4.78 is 29.4. The molecule has 9 nitrogen and oxygen atoms in total. The van der Waals surface area contributed by atoms with Crippen LogP contribution in [-0.4, -0.2) is 74.0 Å². The molecule has 2 N–H and O–H groups in total. The monoisotopic (exact) mass is 567 g/mol. The number of thiophene rings is 1. The topological polar surface area (TPSA) is 119 Å². The van der Waals surface area contributed by atoms with Crippen LogP contribution in [0.15, 0.2) is 24.3 Å². The number of ether oxygens (including phenoxy) is 2. The molecule has 2 unspecified atom stereocenters. The molecule has 2 atom stereocenters. The number of carbonyl (C=O) groups is 3. The maximum Gasteiger partial charge on any atom is 0.323 e. The number of fused-ring (bicyclic) bond motifs is 1. The molecule has 2 aliphatic heterocycles. The van der Waals surface area contributed by atoms with E-state index in [0.717, 1.165) is 67.1 Å². The van der Waals surface area contributed by atoms with Gasteiger partial charge in [-0.05, 0) is 74.7 Å². The molecule has 0 saturated carbocycles. The molecule has 1 aromatic heterocycles. The number of rotatable bonds is 11. The first-order valence-corrected chi connectivity index (χ1v) is 16.0. The van der Waals surface area contributed by atoms with E-state index in [0.29, 0.717) is 43.7 Å². The smallest absolute Gasteiger partial charge is 0.323 e. The Morgan fingerprint density at radius 3 is 2.39 bits per heavy atom. The van der Waals surface area contributed by atoms with Gasteiger partial charge >= 0.3 is 5.97 Å². The molecule has 2 saturated heterocycles. The molecule has 2 aliphatic rings. The number of nitrogens with zero attached hydrogens (tertiary/aromatic N) is 2. The second-order valence-electron chi connectivity index (χ2n) is 9.08. The quantitative estimate of drug-likeness (QED) is 0.172. The minimum absolute atomic E-state index is 0.238. The first-order valence-electron chi connectivity index (χ1n) is 13.4. The van der Waals surface area contributed by atoms with Crippen molar-refractivity contribution in [2.75, 3.05) is 39.9 Å². The number of hydrogen-bond acceptors (Lipinski definition) is 8. The lowest BCUT2D eigenvalue weighted by molar-refractivity contribution is -0.147. The van der Waals surface area contributed by atoms with E-state index in [4.69, 9.17) is 4.74 Å². The Morgan fingerprint density at radius 1 is 1.08 bits per heavy atom. The predicted molar refractivity (Wildman–Crippen MR) is 153 cm³/mol. The standard InChI is InChI=1S/C22H29N2O4PS.C4H8O2.CH5N/c1-2-12-28-22(26)20-6-5-11-24(20)29(27,23-9-3-4-10-23)16-17-7-8-21-18(13-17)14-19(15-25)30-21;1-2-3-6-4-5;1-2/h7-8,13-15,20H,2-6,9-12,16H2,1H3;4H,2-3H2,1H3;2H2,1H3. The summed E-state index contributed by atoms with van der Waals surface area (Å²) in [5.41, 5.74) is 5.49. The van der Waals surface area contributed by atoms with E-state index in [-0.39, 0.29) is 5.97 Å². The molecule has 38 heavy (non-hydrogen) atoms. The van der Waals surface area contributed by atoms with Crippen molar-refractivity contribution in [3.8, 4) is 0 Å². The number of hydrogen-bond donors (Lipinski definition) is 1. The van der Waals surface area contributed by atoms with Crippen LogP contribution >= 0.6 is 18.8 Å². The zero-order valence-electron chi connectivity index (χ0n) is 22.8. The fourth-order valence-corrected chi connectivity index (χ4v) is 8.95. The molecular weight excluding hydrogens is 525 g/mol. The van der Waals surface area contributed by atoms with Crippen molar-refractivity contribution in [2.45, 2.75) is 64.6 Å². The molecule has 0 aliphatic carbocycles. The maximum atomic E-state index is 14.6. The summed E-state index contributed by atoms with van der Waals surface area (Å²) in [6.45, 7) is 7.61. The maximum absolute atomic E-state index is 14.6. The molecule has 2 fully saturated rings. The lowest BCUT2D eigenvalue weighted by Gasteiger charge is -2.37. The van der Waals surface area contributed by atoms with Crippen LogP contribution in [0.5, 0.6) is 0 Å². The highest BCUT2D eigenvalue weighted by Crippen LogP contribution is 2.60. The highest BCUT2D eigenvalue weighted by molar-refractivity contribution is 7.58. The van der Waals surface area contributed by atoms with Crippen LogP contribution in [0.1, 0.15) is 67.6 Å². The fourth-order valence-electron chi connectivity index (χ4n) is 4.70. The van der Waals surface area contributed by atoms with Gasteiger partial charge in [0.25, 0.3) is 6.47 Å². The number of esters is 1. The molecule has 11 heteroatoms. The average Bonchev–Trinajstić information content (AvgIpc) is 3.72. The fraction of sp³-hybridized carbons (Fsp3) is 0.593. The summed E-state index contributed by atoms with van der Waals surface area (Å²) >= 11 is 1.47. The third-order valence-corrected chi connectivity index (χ3v) is 10.7. The van der Waals surface area contributed by atoms with Crippen molar-refractivity contribution in [2.24, 2.45) is 5.73 Å². The van der Waals surface area contributed by atoms with Gasteiger partial charge in [0, 0.05) is 24.3 Å². The van der Waals surface area contributed by atoms with Gasteiger partial charge in [-0.25, -0.2) is 9.34 Å². The van der Waals surface area contributed by atoms with Gasteiger partial charge in [-0.3, -0.25) is 18.9 Å². The molecule has 0 spiro atoms. The molecule has 0 amide bonds. The first-order chi connectivity index (χ1) is 18.5. The molecular formula is C27H42N3O6PS. The van der Waals surface area contributed by atoms with Crippen LogP contribution in [0.2, 0.25) is 0 Å². The summed E-state index contributed by atoms with van der Waals surface area (Å²) in [4.78, 5) is 33.9. The summed E-state index contributed by atoms with van der Waals surface area (Å²) in [6, 6.07) is 7.53. The van der Waals surface area contributed by atoms with E-state index in [2.05, 4.69) is 15.1 Å². The van der Waals surface area contributed by atoms with Crippen LogP contribution in [0, 0.1) is 0 Å². The number of nitrogens with two attached hydrogens (primary N) is 1. The second kappa shape index (κ2) is 16.8. The minimum atomic E-state index is -2.96. The third kappa shape index (κ3) is 8.45. The Labute approximate surface area is 230 Å². The van der Waals surface area contributed by atoms with E-state index >= 15 is 0 Å². The first kappa shape index (κ1) is 32.1. The second-order valence-corrected chi connectivity index (χ2v) is 12.9. The van der Waals surface area contributed by atoms with Gasteiger partial charge in [0.1, 0.15) is 6.04 Å². The molecule has 0 radical (unpaired) electrons. The Balaban J connectivity index is 0.000000560. The molecule has 3 heterocycles. The SMILES string of the molecule is CCCOC(=O)C1CCCN1P(=O)(Cc1ccc2sc(C=O)cc2c1)N1CCCC1.CCCOC=O.CN. The van der Waals surface area contributed by atoms with Gasteiger partial charge < -0.3 is 15.2 Å². The zero-order chi connectivity index (χ0) is 28.0. The predicted octanol–water partition coefficient (Wildman–Crippen LogP) is 5.06. The largest absolute Gasteiger partial charge is 0.468 e. The number of carbonyl (C=O) groups excluding carboxylic acids is 3. The average molecular weight is 568 g/mol. The van der Waals surface area contributed by atoms with Crippen LogP contribution in [0.25, 0.3) is 10.1 Å². The lowest BCUT2D eigenvalue weighted by atomic mass is 10.2. The van der Waals surface area contributed by atoms with Crippen LogP contribution < -0.4 is 5.73 Å². The van der Waals surface area contributed by atoms with Gasteiger partial charge in [0.05, 0.1) is 24.3 Å². The van der Waals surface area contributed by atoms with Crippen molar-refractivity contribution >= 4 is 47.6 Å². The summed E-state index contributed by atoms with van der Waals surface area (Å²) in [7, 11) is -1.46. The van der Waals surface area contributed by atoms with Crippen molar-refractivity contribution in [3.63, 3.8) is 0 Å². The summed E-state index contributed by atoms with van der Waals surface area (Å²) in [5.74, 6) is -0.238. The van der Waals surface area contributed by atoms with E-state index in [1.807, 2.05) is 42.8 Å². The van der Waals surface area contributed by atoms with Gasteiger partial charge in [-0.15, -0.1) is 11.3 Å². The molecule has 2 aromatic rings. The lowest BCUT2D eigenvalue weighted by Crippen LogP contribution is -2.39. The van der Waals surface area contributed by atoms with Gasteiger partial charge in [0.15, 0.2) is 6.29 Å². The number of benzene rings is 1. The van der Waals surface area contributed by atoms with Crippen molar-refractivity contribution in [1.82, 2.24) is 9.34 Å². The van der Waals surface area contributed by atoms with Crippen LogP contribution in [0.3, 0.4) is 0 Å². The van der Waals surface area contributed by atoms with Crippen LogP contribution in [-0.2, 0) is 29.8 Å². The summed E-state index contributed by atoms with van der Waals surface area (Å²) in [6.07, 6.45) is 6.60. The molecule has 212 valence electrons. The highest BCUT2D eigenvalue weighted by atomic mass is 32.1. The molecule has 4 rings (SSSR count). The minimum Gasteiger partial charge on any atom is -0.468 e. The Bertz CT molecular complexity index is 1070. The van der Waals surface area contributed by atoms with E-state index < -0.39 is 13.5 Å². The highest BCUT2D eigenvalue weighted by Gasteiger charge is 2.46. The van der Waals surface area contributed by atoms with Crippen molar-refractivity contribution < 1.29 is 28.4 Å². The van der Waals surface area contributed by atoms with E-state index in [1.165, 1.54) is 18.4 Å². The Morgan fingerprint density at radius 2 is 1.79 bits per heavy atom. The molecule has 1 aromatic carbocycles. The van der Waals surface area contributed by atoms with Gasteiger partial charge in [-0.1, -0.05) is 19.9 Å². The van der Waals surface area contributed by atoms with Crippen molar-refractivity contribution in [1.29, 1.82) is 0 Å². The van der Waals surface area contributed by atoms with E-state index in [1.54, 1.807) is 0 Å². The zero-order valence-corrected chi connectivity index (χ0v) is 24.5. The normalized spacial score (nSPS) is 19.0. The summed E-state index contributed by atoms with van der Waals surface area (Å²) in [5, 5.41) is 1.01. The van der Waals surface area contributed by atoms with Crippen molar-refractivity contribution in [3.05, 3.63) is 34.7 Å². The Kier molecular flexibility index (Phi) is 14.2.